The molecule has 214 valence electrons. The Balaban J connectivity index is 1.64. The van der Waals surface area contributed by atoms with E-state index in [1.165, 1.54) is 4.90 Å². The number of aryl methyl sites for hydroxylation is 2. The lowest BCUT2D eigenvalue weighted by atomic mass is 9.93. The lowest BCUT2D eigenvalue weighted by molar-refractivity contribution is -0.136. The molecule has 2 amide bonds. The molecular weight excluding hydrogens is 518 g/mol. The van der Waals surface area contributed by atoms with Gasteiger partial charge in [-0.3, -0.25) is 14.5 Å². The van der Waals surface area contributed by atoms with Crippen LogP contribution in [0.2, 0.25) is 0 Å². The number of amides is 2. The maximum atomic E-state index is 14.6. The molecule has 5 heteroatoms. The Morgan fingerprint density at radius 3 is 1.60 bits per heavy atom. The Morgan fingerprint density at radius 1 is 0.571 bits per heavy atom. The second-order valence-electron chi connectivity index (χ2n) is 11.4. The number of benzene rings is 3. The van der Waals surface area contributed by atoms with Crippen LogP contribution in [0.1, 0.15) is 67.6 Å². The third kappa shape index (κ3) is 4.48. The molecular formula is C37H39N3O2. The van der Waals surface area contributed by atoms with Gasteiger partial charge in [-0.15, -0.1) is 0 Å². The van der Waals surface area contributed by atoms with Crippen molar-refractivity contribution in [2.24, 2.45) is 0 Å². The molecule has 3 heterocycles. The molecule has 42 heavy (non-hydrogen) atoms. The predicted octanol–water partition coefficient (Wildman–Crippen LogP) is 8.29. The van der Waals surface area contributed by atoms with E-state index in [-0.39, 0.29) is 18.4 Å². The SMILES string of the molecule is CCCCCn1c(C)c(C2=C(c3c(C)n(CCC)c4ccccc34)C(=O)N(Cc3ccccc3)C2=O)c2ccccc21. The van der Waals surface area contributed by atoms with Gasteiger partial charge in [-0.1, -0.05) is 93.4 Å². The van der Waals surface area contributed by atoms with Gasteiger partial charge in [0, 0.05) is 57.4 Å². The first-order chi connectivity index (χ1) is 20.5. The maximum Gasteiger partial charge on any atom is 0.262 e. The summed E-state index contributed by atoms with van der Waals surface area (Å²) in [5.41, 5.74) is 8.03. The van der Waals surface area contributed by atoms with Gasteiger partial charge in [-0.05, 0) is 44.4 Å². The van der Waals surface area contributed by atoms with Gasteiger partial charge in [0.2, 0.25) is 0 Å². The van der Waals surface area contributed by atoms with Crippen LogP contribution in [0, 0.1) is 13.8 Å². The van der Waals surface area contributed by atoms with Crippen LogP contribution in [0.25, 0.3) is 33.0 Å². The van der Waals surface area contributed by atoms with Crippen LogP contribution in [-0.4, -0.2) is 25.8 Å². The number of unbranched alkanes of at least 4 members (excludes halogenated alkanes) is 2. The third-order valence-electron chi connectivity index (χ3n) is 8.75. The summed E-state index contributed by atoms with van der Waals surface area (Å²) in [6.45, 7) is 10.6. The summed E-state index contributed by atoms with van der Waals surface area (Å²) in [6, 6.07) is 26.4. The quantitative estimate of drug-likeness (QED) is 0.128. The number of nitrogens with zero attached hydrogens (tertiary/aromatic N) is 3. The highest BCUT2D eigenvalue weighted by Gasteiger charge is 2.43. The van der Waals surface area contributed by atoms with E-state index >= 15 is 0 Å². The number of carbonyl (C=O) groups is 2. The Labute approximate surface area is 248 Å². The minimum Gasteiger partial charge on any atom is -0.344 e. The van der Waals surface area contributed by atoms with E-state index in [2.05, 4.69) is 67.2 Å². The van der Waals surface area contributed by atoms with E-state index in [4.69, 9.17) is 0 Å². The molecule has 1 aliphatic rings. The van der Waals surface area contributed by atoms with E-state index in [0.29, 0.717) is 11.1 Å². The molecule has 0 radical (unpaired) electrons. The molecule has 0 atom stereocenters. The Kier molecular flexibility index (Phi) is 7.59. The van der Waals surface area contributed by atoms with Gasteiger partial charge in [-0.25, -0.2) is 0 Å². The second kappa shape index (κ2) is 11.5. The Morgan fingerprint density at radius 2 is 1.07 bits per heavy atom. The van der Waals surface area contributed by atoms with Crippen molar-refractivity contribution in [2.75, 3.05) is 0 Å². The number of aromatic nitrogens is 2. The fourth-order valence-corrected chi connectivity index (χ4v) is 6.76. The fraction of sp³-hybridized carbons (Fsp3) is 0.297. The summed E-state index contributed by atoms with van der Waals surface area (Å²) < 4.78 is 4.64. The minimum atomic E-state index is -0.219. The zero-order valence-electron chi connectivity index (χ0n) is 25.1. The first-order valence-corrected chi connectivity index (χ1v) is 15.3. The van der Waals surface area contributed by atoms with Crippen molar-refractivity contribution in [3.05, 3.63) is 107 Å². The van der Waals surface area contributed by atoms with Crippen molar-refractivity contribution in [2.45, 2.75) is 73.0 Å². The average molecular weight is 558 g/mol. The van der Waals surface area contributed by atoms with Crippen LogP contribution < -0.4 is 0 Å². The fourth-order valence-electron chi connectivity index (χ4n) is 6.76. The van der Waals surface area contributed by atoms with Gasteiger partial charge in [-0.2, -0.15) is 0 Å². The van der Waals surface area contributed by atoms with Crippen LogP contribution >= 0.6 is 0 Å². The van der Waals surface area contributed by atoms with Crippen LogP contribution in [0.3, 0.4) is 0 Å². The van der Waals surface area contributed by atoms with Gasteiger partial charge < -0.3 is 9.13 Å². The molecule has 2 aromatic heterocycles. The molecule has 5 nitrogen and oxygen atoms in total. The molecule has 0 saturated heterocycles. The van der Waals surface area contributed by atoms with Gasteiger partial charge in [0.05, 0.1) is 17.7 Å². The van der Waals surface area contributed by atoms with Crippen molar-refractivity contribution < 1.29 is 9.59 Å². The topological polar surface area (TPSA) is 47.2 Å². The highest BCUT2D eigenvalue weighted by atomic mass is 16.2. The van der Waals surface area contributed by atoms with Crippen molar-refractivity contribution in [1.82, 2.24) is 14.0 Å². The van der Waals surface area contributed by atoms with E-state index in [1.807, 2.05) is 48.5 Å². The summed E-state index contributed by atoms with van der Waals surface area (Å²) in [7, 11) is 0. The number of rotatable bonds is 10. The molecule has 5 aromatic rings. The monoisotopic (exact) mass is 557 g/mol. The van der Waals surface area contributed by atoms with E-state index in [1.54, 1.807) is 0 Å². The van der Waals surface area contributed by atoms with Crippen LogP contribution in [0.4, 0.5) is 0 Å². The number of carbonyl (C=O) groups excluding carboxylic acids is 2. The molecule has 0 fully saturated rings. The van der Waals surface area contributed by atoms with Crippen LogP contribution in [0.15, 0.2) is 78.9 Å². The lowest BCUT2D eigenvalue weighted by Gasteiger charge is -2.15. The van der Waals surface area contributed by atoms with E-state index in [0.717, 1.165) is 88.7 Å². The molecule has 0 unspecified atom stereocenters. The molecule has 0 saturated carbocycles. The van der Waals surface area contributed by atoms with Crippen LogP contribution in [-0.2, 0) is 29.2 Å². The third-order valence-corrected chi connectivity index (χ3v) is 8.75. The van der Waals surface area contributed by atoms with Crippen molar-refractivity contribution >= 4 is 44.8 Å². The number of hydrogen-bond donors (Lipinski definition) is 0. The first-order valence-electron chi connectivity index (χ1n) is 15.3. The lowest BCUT2D eigenvalue weighted by Crippen LogP contribution is -2.31. The van der Waals surface area contributed by atoms with Crippen molar-refractivity contribution in [3.63, 3.8) is 0 Å². The standard InChI is InChI=1S/C37H39N3O2/c1-5-7-15-23-39-26(4)33(29-19-12-14-21-31(29)39)35-34(36(41)40(37(35)42)24-27-16-9-8-10-17-27)32-25(3)38(22-6-2)30-20-13-11-18-28(30)32/h8-14,16-21H,5-7,15,22-24H2,1-4H3. The van der Waals surface area contributed by atoms with Gasteiger partial charge in [0.15, 0.2) is 0 Å². The number of hydrogen-bond acceptors (Lipinski definition) is 2. The molecule has 6 rings (SSSR count). The van der Waals surface area contributed by atoms with Crippen molar-refractivity contribution in [3.8, 4) is 0 Å². The zero-order chi connectivity index (χ0) is 29.4. The normalized spacial score (nSPS) is 13.9. The number of imide groups is 1. The summed E-state index contributed by atoms with van der Waals surface area (Å²) in [6.07, 6.45) is 4.33. The molecule has 3 aromatic carbocycles. The summed E-state index contributed by atoms with van der Waals surface area (Å²) in [5.74, 6) is -0.436. The number of para-hydroxylation sites is 2. The summed E-state index contributed by atoms with van der Waals surface area (Å²) in [5, 5.41) is 2.04. The van der Waals surface area contributed by atoms with Gasteiger partial charge in [0.25, 0.3) is 11.8 Å². The first kappa shape index (κ1) is 27.8. The molecule has 0 spiro atoms. The van der Waals surface area contributed by atoms with Crippen molar-refractivity contribution in [1.29, 1.82) is 0 Å². The Hall–Kier alpha value is -4.38. The van der Waals surface area contributed by atoms with Gasteiger partial charge in [0.1, 0.15) is 0 Å². The largest absolute Gasteiger partial charge is 0.344 e. The average Bonchev–Trinajstić information content (AvgIpc) is 3.53. The zero-order valence-corrected chi connectivity index (χ0v) is 25.1. The summed E-state index contributed by atoms with van der Waals surface area (Å²) in [4.78, 5) is 30.6. The predicted molar refractivity (Wildman–Crippen MR) is 172 cm³/mol. The van der Waals surface area contributed by atoms with E-state index in [9.17, 15) is 9.59 Å². The van der Waals surface area contributed by atoms with E-state index < -0.39 is 0 Å². The highest BCUT2D eigenvalue weighted by Crippen LogP contribution is 2.45. The smallest absolute Gasteiger partial charge is 0.262 e. The molecule has 0 bridgehead atoms. The maximum absolute atomic E-state index is 14.6. The molecule has 1 aliphatic heterocycles. The number of fused-ring (bicyclic) bond motifs is 2. The molecule has 0 aliphatic carbocycles. The minimum absolute atomic E-state index is 0.217. The Bertz CT molecular complexity index is 1840. The van der Waals surface area contributed by atoms with Gasteiger partial charge >= 0.3 is 0 Å². The van der Waals surface area contributed by atoms with Crippen LogP contribution in [0.5, 0.6) is 0 Å². The molecule has 0 N–H and O–H groups in total. The second-order valence-corrected chi connectivity index (χ2v) is 11.4. The highest BCUT2D eigenvalue weighted by molar-refractivity contribution is 6.51. The summed E-state index contributed by atoms with van der Waals surface area (Å²) >= 11 is 0.